The molecule has 30 heavy (non-hydrogen) atoms. The standard InChI is InChI=1S/C20H18F5N3O2/c1-20(2,3)30-19(29)27-16(9-26)17(10-4-5-12(22)13(23)6-10)28-18-14(24)7-11(21)8-15(18)25/h4-9H,26H2,1-3H3,(H,27,29). The fourth-order valence-electron chi connectivity index (χ4n) is 2.27. The molecule has 0 saturated carbocycles. The molecule has 0 saturated heterocycles. The molecule has 1 amide bonds. The van der Waals surface area contributed by atoms with Crippen LogP contribution in [0, 0.1) is 29.1 Å². The molecular weight excluding hydrogens is 409 g/mol. The van der Waals surface area contributed by atoms with Gasteiger partial charge in [0.1, 0.15) is 17.1 Å². The van der Waals surface area contributed by atoms with E-state index in [1.807, 2.05) is 0 Å². The van der Waals surface area contributed by atoms with Crippen LogP contribution in [0.3, 0.4) is 0 Å². The van der Waals surface area contributed by atoms with Crippen LogP contribution in [0.2, 0.25) is 0 Å². The van der Waals surface area contributed by atoms with Gasteiger partial charge < -0.3 is 10.5 Å². The second-order valence-corrected chi connectivity index (χ2v) is 7.01. The van der Waals surface area contributed by atoms with E-state index in [2.05, 4.69) is 10.3 Å². The summed E-state index contributed by atoms with van der Waals surface area (Å²) in [6.07, 6.45) is -0.168. The molecule has 0 heterocycles. The first kappa shape index (κ1) is 22.9. The van der Waals surface area contributed by atoms with Crippen LogP contribution in [-0.4, -0.2) is 17.4 Å². The lowest BCUT2D eigenvalue weighted by molar-refractivity contribution is 0.0549. The van der Waals surface area contributed by atoms with Gasteiger partial charge >= 0.3 is 6.09 Å². The van der Waals surface area contributed by atoms with Crippen molar-refractivity contribution < 1.29 is 31.5 Å². The molecule has 0 aliphatic carbocycles. The van der Waals surface area contributed by atoms with E-state index in [1.165, 1.54) is 0 Å². The lowest BCUT2D eigenvalue weighted by Gasteiger charge is -2.21. The molecule has 3 N–H and O–H groups in total. The van der Waals surface area contributed by atoms with Gasteiger partial charge in [-0.15, -0.1) is 0 Å². The van der Waals surface area contributed by atoms with E-state index >= 15 is 0 Å². The van der Waals surface area contributed by atoms with E-state index in [4.69, 9.17) is 10.5 Å². The molecule has 10 heteroatoms. The Hall–Kier alpha value is -3.43. The highest BCUT2D eigenvalue weighted by Gasteiger charge is 2.22. The topological polar surface area (TPSA) is 76.7 Å². The van der Waals surface area contributed by atoms with E-state index in [-0.39, 0.29) is 11.3 Å². The molecule has 0 aromatic heterocycles. The maximum atomic E-state index is 14.1. The summed E-state index contributed by atoms with van der Waals surface area (Å²) < 4.78 is 73.6. The van der Waals surface area contributed by atoms with Crippen molar-refractivity contribution in [2.24, 2.45) is 10.7 Å². The Balaban J connectivity index is 2.61. The van der Waals surface area contributed by atoms with Crippen LogP contribution >= 0.6 is 0 Å². The predicted octanol–water partition coefficient (Wildman–Crippen LogP) is 4.83. The normalized spacial score (nSPS) is 12.7. The van der Waals surface area contributed by atoms with Gasteiger partial charge in [-0.2, -0.15) is 0 Å². The monoisotopic (exact) mass is 427 g/mol. The lowest BCUT2D eigenvalue weighted by atomic mass is 10.1. The Morgan fingerprint density at radius 2 is 1.60 bits per heavy atom. The van der Waals surface area contributed by atoms with Crippen molar-refractivity contribution in [3.63, 3.8) is 0 Å². The Bertz CT molecular complexity index is 1010. The SMILES string of the molecule is CC(C)(C)OC(=O)NC(=CN)C(=Nc1c(F)cc(F)cc1F)c1ccc(F)c(F)c1. The number of alkyl carbamates (subject to hydrolysis) is 1. The highest BCUT2D eigenvalue weighted by atomic mass is 19.2. The van der Waals surface area contributed by atoms with Gasteiger partial charge in [0.2, 0.25) is 0 Å². The van der Waals surface area contributed by atoms with E-state index < -0.39 is 52.2 Å². The fraction of sp³-hybridized carbons (Fsp3) is 0.200. The number of nitrogens with two attached hydrogens (primary N) is 1. The number of carbonyl (C=O) groups excluding carboxylic acids is 1. The molecule has 0 aliphatic heterocycles. The number of halogens is 5. The number of rotatable bonds is 4. The summed E-state index contributed by atoms with van der Waals surface area (Å²) in [6, 6.07) is 3.26. The van der Waals surface area contributed by atoms with Crippen molar-refractivity contribution in [3.05, 3.63) is 76.9 Å². The molecule has 0 fully saturated rings. The average Bonchev–Trinajstić information content (AvgIpc) is 2.60. The number of carbonyl (C=O) groups is 1. The minimum Gasteiger partial charge on any atom is -0.444 e. The van der Waals surface area contributed by atoms with Gasteiger partial charge in [-0.25, -0.2) is 31.7 Å². The van der Waals surface area contributed by atoms with Crippen LogP contribution < -0.4 is 11.1 Å². The zero-order valence-corrected chi connectivity index (χ0v) is 16.2. The Morgan fingerprint density at radius 1 is 1.00 bits per heavy atom. The van der Waals surface area contributed by atoms with Crippen LogP contribution in [0.5, 0.6) is 0 Å². The first-order valence-electron chi connectivity index (χ1n) is 8.52. The summed E-state index contributed by atoms with van der Waals surface area (Å²) in [7, 11) is 0. The van der Waals surface area contributed by atoms with Crippen LogP contribution in [0.1, 0.15) is 26.3 Å². The maximum absolute atomic E-state index is 14.1. The molecular formula is C20H18F5N3O2. The number of hydrogen-bond donors (Lipinski definition) is 2. The van der Waals surface area contributed by atoms with Crippen LogP contribution in [0.15, 0.2) is 47.2 Å². The Labute approximate surface area is 169 Å². The van der Waals surface area contributed by atoms with Crippen molar-refractivity contribution in [2.45, 2.75) is 26.4 Å². The molecule has 2 rings (SSSR count). The highest BCUT2D eigenvalue weighted by molar-refractivity contribution is 6.14. The third-order valence-corrected chi connectivity index (χ3v) is 3.46. The summed E-state index contributed by atoms with van der Waals surface area (Å²) >= 11 is 0. The van der Waals surface area contributed by atoms with Crippen LogP contribution in [-0.2, 0) is 4.74 Å². The number of aliphatic imine (C=N–C) groups is 1. The third kappa shape index (κ3) is 5.79. The van der Waals surface area contributed by atoms with E-state index in [1.54, 1.807) is 20.8 Å². The van der Waals surface area contributed by atoms with Gasteiger partial charge in [0.25, 0.3) is 0 Å². The van der Waals surface area contributed by atoms with Crippen LogP contribution in [0.4, 0.5) is 32.4 Å². The number of hydrogen-bond acceptors (Lipinski definition) is 4. The Kier molecular flexibility index (Phi) is 6.81. The summed E-state index contributed by atoms with van der Waals surface area (Å²) in [6.45, 7) is 4.77. The number of ether oxygens (including phenoxy) is 1. The minimum atomic E-state index is -1.36. The van der Waals surface area contributed by atoms with Gasteiger partial charge in [0.05, 0.1) is 11.4 Å². The van der Waals surface area contributed by atoms with E-state index in [0.29, 0.717) is 18.2 Å². The largest absolute Gasteiger partial charge is 0.444 e. The second kappa shape index (κ2) is 8.93. The zero-order valence-electron chi connectivity index (χ0n) is 16.2. The first-order valence-corrected chi connectivity index (χ1v) is 8.52. The van der Waals surface area contributed by atoms with Crippen molar-refractivity contribution in [3.8, 4) is 0 Å². The smallest absolute Gasteiger partial charge is 0.412 e. The Morgan fingerprint density at radius 3 is 2.10 bits per heavy atom. The molecule has 0 unspecified atom stereocenters. The fourth-order valence-corrected chi connectivity index (χ4v) is 2.27. The van der Waals surface area contributed by atoms with Gasteiger partial charge in [0.15, 0.2) is 23.3 Å². The number of amides is 1. The van der Waals surface area contributed by atoms with Gasteiger partial charge in [-0.1, -0.05) is 0 Å². The quantitative estimate of drug-likeness (QED) is 0.542. The summed E-state index contributed by atoms with van der Waals surface area (Å²) in [5.41, 5.74) is 2.78. The number of benzene rings is 2. The molecule has 0 aliphatic rings. The van der Waals surface area contributed by atoms with Gasteiger partial charge in [-0.3, -0.25) is 5.32 Å². The zero-order chi connectivity index (χ0) is 22.6. The molecule has 160 valence electrons. The predicted molar refractivity (Wildman–Crippen MR) is 101 cm³/mol. The molecule has 2 aromatic rings. The van der Waals surface area contributed by atoms with Crippen LogP contribution in [0.25, 0.3) is 0 Å². The number of nitrogens with zero attached hydrogens (tertiary/aromatic N) is 1. The van der Waals surface area contributed by atoms with Crippen molar-refractivity contribution >= 4 is 17.5 Å². The average molecular weight is 427 g/mol. The molecule has 0 atom stereocenters. The molecule has 2 aromatic carbocycles. The second-order valence-electron chi connectivity index (χ2n) is 7.01. The highest BCUT2D eigenvalue weighted by Crippen LogP contribution is 2.26. The molecule has 5 nitrogen and oxygen atoms in total. The summed E-state index contributed by atoms with van der Waals surface area (Å²) in [5.74, 6) is -6.37. The van der Waals surface area contributed by atoms with E-state index in [9.17, 15) is 26.7 Å². The summed E-state index contributed by atoms with van der Waals surface area (Å²) in [5, 5.41) is 2.24. The van der Waals surface area contributed by atoms with Gasteiger partial charge in [-0.05, 0) is 39.0 Å². The van der Waals surface area contributed by atoms with Crippen molar-refractivity contribution in [1.29, 1.82) is 0 Å². The number of nitrogens with one attached hydrogen (secondary N) is 1. The third-order valence-electron chi connectivity index (χ3n) is 3.46. The molecule has 0 radical (unpaired) electrons. The van der Waals surface area contributed by atoms with Crippen molar-refractivity contribution in [2.75, 3.05) is 0 Å². The van der Waals surface area contributed by atoms with Crippen molar-refractivity contribution in [1.82, 2.24) is 5.32 Å². The number of allylic oxidation sites excluding steroid dienone is 1. The van der Waals surface area contributed by atoms with E-state index in [0.717, 1.165) is 18.3 Å². The maximum Gasteiger partial charge on any atom is 0.412 e. The summed E-state index contributed by atoms with van der Waals surface area (Å²) in [4.78, 5) is 15.9. The first-order chi connectivity index (χ1) is 13.9. The van der Waals surface area contributed by atoms with Gasteiger partial charge in [0, 0.05) is 23.9 Å². The lowest BCUT2D eigenvalue weighted by Crippen LogP contribution is -2.35. The molecule has 0 bridgehead atoms. The minimum absolute atomic E-state index is 0.176. The molecule has 0 spiro atoms.